The third-order valence-corrected chi connectivity index (χ3v) is 3.29. The van der Waals surface area contributed by atoms with E-state index in [0.717, 1.165) is 18.7 Å². The number of rotatable bonds is 2. The second kappa shape index (κ2) is 5.32. The lowest BCUT2D eigenvalue weighted by molar-refractivity contribution is 0.0600. The summed E-state index contributed by atoms with van der Waals surface area (Å²) < 4.78 is 4.78. The van der Waals surface area contributed by atoms with E-state index < -0.39 is 0 Å². The average molecular weight is 233 g/mol. The summed E-state index contributed by atoms with van der Waals surface area (Å²) in [4.78, 5) is 11.6. The van der Waals surface area contributed by atoms with Crippen LogP contribution in [0.5, 0.6) is 0 Å². The summed E-state index contributed by atoms with van der Waals surface area (Å²) in [6.45, 7) is 4.13. The topological polar surface area (TPSA) is 38.3 Å². The Morgan fingerprint density at radius 3 is 2.88 bits per heavy atom. The van der Waals surface area contributed by atoms with Gasteiger partial charge in [0.25, 0.3) is 0 Å². The number of aryl methyl sites for hydroxylation is 1. The normalized spacial score (nSPS) is 20.0. The van der Waals surface area contributed by atoms with Gasteiger partial charge in [0.2, 0.25) is 0 Å². The van der Waals surface area contributed by atoms with Crippen LogP contribution in [0, 0.1) is 6.92 Å². The highest BCUT2D eigenvalue weighted by atomic mass is 16.5. The molecule has 3 heteroatoms. The maximum absolute atomic E-state index is 11.6. The number of benzene rings is 1. The number of hydrogen-bond donors (Lipinski definition) is 1. The van der Waals surface area contributed by atoms with Gasteiger partial charge in [0.1, 0.15) is 0 Å². The van der Waals surface area contributed by atoms with Gasteiger partial charge in [-0.1, -0.05) is 6.07 Å². The predicted molar refractivity (Wildman–Crippen MR) is 67.4 cm³/mol. The van der Waals surface area contributed by atoms with E-state index in [1.807, 2.05) is 19.1 Å². The van der Waals surface area contributed by atoms with Gasteiger partial charge in [-0.2, -0.15) is 0 Å². The number of piperidine rings is 1. The first-order valence-corrected chi connectivity index (χ1v) is 6.11. The average Bonchev–Trinajstić information content (AvgIpc) is 2.38. The largest absolute Gasteiger partial charge is 0.465 e. The van der Waals surface area contributed by atoms with Crippen molar-refractivity contribution in [3.05, 3.63) is 34.9 Å². The van der Waals surface area contributed by atoms with Gasteiger partial charge in [0, 0.05) is 6.54 Å². The second-order valence-corrected chi connectivity index (χ2v) is 4.67. The van der Waals surface area contributed by atoms with Crippen LogP contribution in [0.2, 0.25) is 0 Å². The number of methoxy groups -OCH3 is 1. The minimum atomic E-state index is -0.251. The Hall–Kier alpha value is -1.35. The fourth-order valence-corrected chi connectivity index (χ4v) is 2.42. The van der Waals surface area contributed by atoms with E-state index in [0.29, 0.717) is 11.5 Å². The molecule has 3 nitrogen and oxygen atoms in total. The SMILES string of the molecule is COC(=O)c1cc(C)cc(C2CCCNC2)c1. The van der Waals surface area contributed by atoms with Gasteiger partial charge in [-0.15, -0.1) is 0 Å². The molecular formula is C14H19NO2. The molecule has 1 aromatic carbocycles. The molecule has 0 aromatic heterocycles. The van der Waals surface area contributed by atoms with E-state index in [1.54, 1.807) is 0 Å². The molecule has 1 heterocycles. The van der Waals surface area contributed by atoms with Crippen molar-refractivity contribution in [2.45, 2.75) is 25.7 Å². The standard InChI is InChI=1S/C14H19NO2/c1-10-6-12(11-4-3-5-15-9-11)8-13(7-10)14(16)17-2/h6-8,11,15H,3-5,9H2,1-2H3. The van der Waals surface area contributed by atoms with Crippen LogP contribution in [0.15, 0.2) is 18.2 Å². The summed E-state index contributed by atoms with van der Waals surface area (Å²) in [5.74, 6) is 0.269. The molecule has 2 rings (SSSR count). The zero-order valence-electron chi connectivity index (χ0n) is 10.5. The van der Waals surface area contributed by atoms with E-state index >= 15 is 0 Å². The van der Waals surface area contributed by atoms with Gasteiger partial charge in [-0.25, -0.2) is 4.79 Å². The van der Waals surface area contributed by atoms with Gasteiger partial charge in [0.05, 0.1) is 12.7 Å². The molecule has 1 aromatic rings. The molecule has 17 heavy (non-hydrogen) atoms. The zero-order chi connectivity index (χ0) is 12.3. The molecule has 92 valence electrons. The molecule has 1 N–H and O–H groups in total. The zero-order valence-corrected chi connectivity index (χ0v) is 10.5. The van der Waals surface area contributed by atoms with E-state index in [2.05, 4.69) is 11.4 Å². The first-order chi connectivity index (χ1) is 8.20. The summed E-state index contributed by atoms with van der Waals surface area (Å²) in [7, 11) is 1.42. The van der Waals surface area contributed by atoms with Crippen LogP contribution in [0.3, 0.4) is 0 Å². The van der Waals surface area contributed by atoms with Crippen molar-refractivity contribution < 1.29 is 9.53 Å². The number of hydrogen-bond acceptors (Lipinski definition) is 3. The quantitative estimate of drug-likeness (QED) is 0.796. The van der Waals surface area contributed by atoms with E-state index in [9.17, 15) is 4.79 Å². The molecule has 0 aliphatic carbocycles. The Balaban J connectivity index is 2.27. The molecule has 1 atom stereocenters. The van der Waals surface area contributed by atoms with Crippen LogP contribution in [-0.4, -0.2) is 26.2 Å². The van der Waals surface area contributed by atoms with Gasteiger partial charge < -0.3 is 10.1 Å². The minimum absolute atomic E-state index is 0.251. The van der Waals surface area contributed by atoms with Crippen molar-refractivity contribution in [3.8, 4) is 0 Å². The van der Waals surface area contributed by atoms with E-state index in [4.69, 9.17) is 4.74 Å². The molecule has 1 aliphatic rings. The Bertz CT molecular complexity index is 409. The van der Waals surface area contributed by atoms with Gasteiger partial charge in [0.15, 0.2) is 0 Å². The van der Waals surface area contributed by atoms with Gasteiger partial charge in [-0.3, -0.25) is 0 Å². The summed E-state index contributed by atoms with van der Waals surface area (Å²) in [6.07, 6.45) is 2.39. The number of carbonyl (C=O) groups is 1. The maximum Gasteiger partial charge on any atom is 0.337 e. The number of carbonyl (C=O) groups excluding carboxylic acids is 1. The fourth-order valence-electron chi connectivity index (χ4n) is 2.42. The fraction of sp³-hybridized carbons (Fsp3) is 0.500. The van der Waals surface area contributed by atoms with Crippen molar-refractivity contribution >= 4 is 5.97 Å². The van der Waals surface area contributed by atoms with Crippen molar-refractivity contribution in [1.82, 2.24) is 5.32 Å². The first-order valence-electron chi connectivity index (χ1n) is 6.11. The molecule has 1 unspecified atom stereocenters. The van der Waals surface area contributed by atoms with Crippen molar-refractivity contribution in [3.63, 3.8) is 0 Å². The van der Waals surface area contributed by atoms with Crippen LogP contribution < -0.4 is 5.32 Å². The number of esters is 1. The monoisotopic (exact) mass is 233 g/mol. The Kier molecular flexibility index (Phi) is 3.79. The molecule has 0 bridgehead atoms. The van der Waals surface area contributed by atoms with E-state index in [1.165, 1.54) is 25.5 Å². The van der Waals surface area contributed by atoms with Crippen LogP contribution in [0.1, 0.15) is 40.2 Å². The first kappa shape index (κ1) is 12.1. The molecule has 0 amide bonds. The highest BCUT2D eigenvalue weighted by Gasteiger charge is 2.17. The van der Waals surface area contributed by atoms with E-state index in [-0.39, 0.29) is 5.97 Å². The third kappa shape index (κ3) is 2.86. The Morgan fingerprint density at radius 2 is 2.24 bits per heavy atom. The second-order valence-electron chi connectivity index (χ2n) is 4.67. The molecule has 0 spiro atoms. The molecular weight excluding hydrogens is 214 g/mol. The lowest BCUT2D eigenvalue weighted by Gasteiger charge is -2.23. The highest BCUT2D eigenvalue weighted by Crippen LogP contribution is 2.25. The summed E-state index contributed by atoms with van der Waals surface area (Å²) in [6, 6.07) is 6.02. The molecule has 1 aliphatic heterocycles. The predicted octanol–water partition coefficient (Wildman–Crippen LogP) is 2.25. The molecule has 1 fully saturated rings. The van der Waals surface area contributed by atoms with Crippen molar-refractivity contribution in [1.29, 1.82) is 0 Å². The Morgan fingerprint density at radius 1 is 1.41 bits per heavy atom. The smallest absolute Gasteiger partial charge is 0.337 e. The van der Waals surface area contributed by atoms with Crippen LogP contribution in [-0.2, 0) is 4.74 Å². The molecule has 0 radical (unpaired) electrons. The highest BCUT2D eigenvalue weighted by molar-refractivity contribution is 5.89. The summed E-state index contributed by atoms with van der Waals surface area (Å²) >= 11 is 0. The summed E-state index contributed by atoms with van der Waals surface area (Å²) in [5.41, 5.74) is 3.03. The summed E-state index contributed by atoms with van der Waals surface area (Å²) in [5, 5.41) is 3.40. The van der Waals surface area contributed by atoms with Gasteiger partial charge in [-0.05, 0) is 55.5 Å². The Labute approximate surface area is 102 Å². The number of ether oxygens (including phenoxy) is 1. The van der Waals surface area contributed by atoms with Gasteiger partial charge >= 0.3 is 5.97 Å². The number of nitrogens with one attached hydrogen (secondary N) is 1. The minimum Gasteiger partial charge on any atom is -0.465 e. The van der Waals surface area contributed by atoms with Crippen LogP contribution in [0.25, 0.3) is 0 Å². The lowest BCUT2D eigenvalue weighted by atomic mass is 9.89. The third-order valence-electron chi connectivity index (χ3n) is 3.29. The maximum atomic E-state index is 11.6. The molecule has 1 saturated heterocycles. The molecule has 0 saturated carbocycles. The lowest BCUT2D eigenvalue weighted by Crippen LogP contribution is -2.28. The van der Waals surface area contributed by atoms with Crippen molar-refractivity contribution in [2.75, 3.05) is 20.2 Å². The van der Waals surface area contributed by atoms with Crippen LogP contribution in [0.4, 0.5) is 0 Å². The van der Waals surface area contributed by atoms with Crippen molar-refractivity contribution in [2.24, 2.45) is 0 Å². The van der Waals surface area contributed by atoms with Crippen LogP contribution >= 0.6 is 0 Å².